The van der Waals surface area contributed by atoms with Crippen molar-refractivity contribution in [3.63, 3.8) is 0 Å². The van der Waals surface area contributed by atoms with Gasteiger partial charge >= 0.3 is 6.18 Å². The number of hydrogen-bond donors (Lipinski definition) is 2. The Balaban J connectivity index is 1.92. The largest absolute Gasteiger partial charge is 0.435 e. The summed E-state index contributed by atoms with van der Waals surface area (Å²) in [6.07, 6.45) is -1.31. The predicted octanol–water partition coefficient (Wildman–Crippen LogP) is 0.687. The van der Waals surface area contributed by atoms with E-state index in [-0.39, 0.29) is 12.5 Å². The van der Waals surface area contributed by atoms with E-state index in [1.807, 2.05) is 0 Å². The highest BCUT2D eigenvalue weighted by atomic mass is 19.4. The molecule has 1 atom stereocenters. The van der Waals surface area contributed by atoms with Crippen molar-refractivity contribution in [2.45, 2.75) is 38.0 Å². The second kappa shape index (κ2) is 6.15. The molecule has 2 heterocycles. The molecule has 2 rings (SSSR count). The standard InChI is InChI=1S/C12H15F3N4O2/c13-12(14,15)9-4-6-19(18-9)7-10(20)17-8-3-1-2-5-16-11(8)21/h4,6,8H,1-3,5,7H2,(H,16,21)(H,17,20). The van der Waals surface area contributed by atoms with Crippen LogP contribution in [0.2, 0.25) is 0 Å². The van der Waals surface area contributed by atoms with Crippen LogP contribution < -0.4 is 10.6 Å². The molecule has 0 bridgehead atoms. The summed E-state index contributed by atoms with van der Waals surface area (Å²) < 4.78 is 38.0. The summed E-state index contributed by atoms with van der Waals surface area (Å²) in [5.41, 5.74) is -1.05. The molecule has 6 nitrogen and oxygen atoms in total. The molecule has 2 N–H and O–H groups in total. The molecule has 21 heavy (non-hydrogen) atoms. The third kappa shape index (κ3) is 4.20. The van der Waals surface area contributed by atoms with E-state index in [0.29, 0.717) is 13.0 Å². The molecular weight excluding hydrogens is 289 g/mol. The molecule has 1 aliphatic heterocycles. The third-order valence-electron chi connectivity index (χ3n) is 3.11. The Kier molecular flexibility index (Phi) is 4.49. The van der Waals surface area contributed by atoms with Crippen LogP contribution in [0.25, 0.3) is 0 Å². The van der Waals surface area contributed by atoms with E-state index in [0.717, 1.165) is 29.8 Å². The highest BCUT2D eigenvalue weighted by Crippen LogP contribution is 2.27. The van der Waals surface area contributed by atoms with Crippen LogP contribution in [0.5, 0.6) is 0 Å². The van der Waals surface area contributed by atoms with Gasteiger partial charge in [-0.3, -0.25) is 14.3 Å². The second-order valence-corrected chi connectivity index (χ2v) is 4.80. The summed E-state index contributed by atoms with van der Waals surface area (Å²) in [5, 5.41) is 8.46. The summed E-state index contributed by atoms with van der Waals surface area (Å²) in [5.74, 6) is -0.814. The predicted molar refractivity (Wildman–Crippen MR) is 66.0 cm³/mol. The molecule has 1 aromatic rings. The minimum atomic E-state index is -4.54. The molecule has 1 unspecified atom stereocenters. The summed E-state index contributed by atoms with van der Waals surface area (Å²) in [6.45, 7) is 0.208. The van der Waals surface area contributed by atoms with Gasteiger partial charge in [0.1, 0.15) is 12.6 Å². The topological polar surface area (TPSA) is 76.0 Å². The van der Waals surface area contributed by atoms with Crippen molar-refractivity contribution >= 4 is 11.8 Å². The van der Waals surface area contributed by atoms with E-state index >= 15 is 0 Å². The summed E-state index contributed by atoms with van der Waals surface area (Å²) >= 11 is 0. The summed E-state index contributed by atoms with van der Waals surface area (Å²) in [6, 6.07) is 0.156. The molecule has 9 heteroatoms. The van der Waals surface area contributed by atoms with Crippen LogP contribution in [0.3, 0.4) is 0 Å². The molecule has 1 aromatic heterocycles. The first-order valence-corrected chi connectivity index (χ1v) is 6.54. The number of carbonyl (C=O) groups is 2. The number of nitrogens with zero attached hydrogens (tertiary/aromatic N) is 2. The van der Waals surface area contributed by atoms with Gasteiger partial charge in [0.25, 0.3) is 0 Å². The number of nitrogens with one attached hydrogen (secondary N) is 2. The smallest absolute Gasteiger partial charge is 0.354 e. The zero-order valence-corrected chi connectivity index (χ0v) is 11.1. The number of amides is 2. The van der Waals surface area contributed by atoms with Gasteiger partial charge in [0.15, 0.2) is 5.69 Å². The van der Waals surface area contributed by atoms with Crippen molar-refractivity contribution in [2.24, 2.45) is 0 Å². The first-order valence-electron chi connectivity index (χ1n) is 6.54. The van der Waals surface area contributed by atoms with Crippen LogP contribution in [-0.2, 0) is 22.3 Å². The number of rotatable bonds is 3. The van der Waals surface area contributed by atoms with E-state index in [2.05, 4.69) is 15.7 Å². The van der Waals surface area contributed by atoms with Crippen molar-refractivity contribution < 1.29 is 22.8 Å². The molecule has 0 aliphatic carbocycles. The van der Waals surface area contributed by atoms with Crippen molar-refractivity contribution in [3.05, 3.63) is 18.0 Å². The van der Waals surface area contributed by atoms with Crippen LogP contribution >= 0.6 is 0 Å². The van der Waals surface area contributed by atoms with Crippen LogP contribution in [0.1, 0.15) is 25.0 Å². The number of carbonyl (C=O) groups excluding carboxylic acids is 2. The lowest BCUT2D eigenvalue weighted by atomic mass is 10.1. The third-order valence-corrected chi connectivity index (χ3v) is 3.11. The zero-order valence-electron chi connectivity index (χ0n) is 11.1. The van der Waals surface area contributed by atoms with Crippen molar-refractivity contribution in [1.82, 2.24) is 20.4 Å². The molecule has 0 saturated carbocycles. The maximum atomic E-state index is 12.4. The number of hydrogen-bond acceptors (Lipinski definition) is 3. The highest BCUT2D eigenvalue weighted by Gasteiger charge is 2.33. The first kappa shape index (κ1) is 15.3. The average molecular weight is 304 g/mol. The van der Waals surface area contributed by atoms with Gasteiger partial charge in [-0.2, -0.15) is 18.3 Å². The monoisotopic (exact) mass is 304 g/mol. The molecule has 0 spiro atoms. The van der Waals surface area contributed by atoms with Crippen molar-refractivity contribution in [2.75, 3.05) is 6.54 Å². The fourth-order valence-corrected chi connectivity index (χ4v) is 2.07. The Morgan fingerprint density at radius 3 is 2.90 bits per heavy atom. The second-order valence-electron chi connectivity index (χ2n) is 4.80. The normalized spacial score (nSPS) is 19.8. The Labute approximate surface area is 118 Å². The zero-order chi connectivity index (χ0) is 15.5. The Morgan fingerprint density at radius 1 is 1.48 bits per heavy atom. The summed E-state index contributed by atoms with van der Waals surface area (Å²) in [4.78, 5) is 23.4. The maximum absolute atomic E-state index is 12.4. The minimum Gasteiger partial charge on any atom is -0.354 e. The number of aromatic nitrogens is 2. The highest BCUT2D eigenvalue weighted by molar-refractivity contribution is 5.87. The molecule has 116 valence electrons. The lowest BCUT2D eigenvalue weighted by Gasteiger charge is -2.15. The van der Waals surface area contributed by atoms with Crippen molar-refractivity contribution in [1.29, 1.82) is 0 Å². The molecule has 1 fully saturated rings. The number of alkyl halides is 3. The van der Waals surface area contributed by atoms with E-state index in [1.54, 1.807) is 0 Å². The molecular formula is C12H15F3N4O2. The van der Waals surface area contributed by atoms with Gasteiger partial charge in [-0.15, -0.1) is 0 Å². The van der Waals surface area contributed by atoms with Gasteiger partial charge in [0.2, 0.25) is 11.8 Å². The van der Waals surface area contributed by atoms with Gasteiger partial charge in [-0.25, -0.2) is 0 Å². The van der Waals surface area contributed by atoms with E-state index in [1.165, 1.54) is 0 Å². The van der Waals surface area contributed by atoms with Crippen LogP contribution in [0.15, 0.2) is 12.3 Å². The molecule has 1 saturated heterocycles. The Bertz CT molecular complexity index is 527. The fourth-order valence-electron chi connectivity index (χ4n) is 2.07. The first-order chi connectivity index (χ1) is 9.86. The van der Waals surface area contributed by atoms with Gasteiger partial charge < -0.3 is 10.6 Å². The van der Waals surface area contributed by atoms with E-state index in [9.17, 15) is 22.8 Å². The van der Waals surface area contributed by atoms with Gasteiger partial charge in [-0.05, 0) is 25.3 Å². The van der Waals surface area contributed by atoms with E-state index in [4.69, 9.17) is 0 Å². The average Bonchev–Trinajstić information content (AvgIpc) is 2.76. The minimum absolute atomic E-state index is 0.266. The van der Waals surface area contributed by atoms with E-state index < -0.39 is 23.8 Å². The van der Waals surface area contributed by atoms with Crippen LogP contribution in [0.4, 0.5) is 13.2 Å². The lowest BCUT2D eigenvalue weighted by molar-refractivity contribution is -0.141. The molecule has 2 amide bonds. The van der Waals surface area contributed by atoms with Gasteiger partial charge in [0, 0.05) is 12.7 Å². The molecule has 0 radical (unpaired) electrons. The SMILES string of the molecule is O=C(Cn1ccc(C(F)(F)F)n1)NC1CCCCNC1=O. The molecule has 0 aromatic carbocycles. The van der Waals surface area contributed by atoms with Gasteiger partial charge in [0.05, 0.1) is 0 Å². The lowest BCUT2D eigenvalue weighted by Crippen LogP contribution is -2.46. The fraction of sp³-hybridized carbons (Fsp3) is 0.583. The Morgan fingerprint density at radius 2 is 2.24 bits per heavy atom. The number of halogens is 3. The van der Waals surface area contributed by atoms with Crippen molar-refractivity contribution in [3.8, 4) is 0 Å². The molecule has 1 aliphatic rings. The quantitative estimate of drug-likeness (QED) is 0.862. The van der Waals surface area contributed by atoms with Gasteiger partial charge in [-0.1, -0.05) is 0 Å². The van der Waals surface area contributed by atoms with Crippen LogP contribution in [0, 0.1) is 0 Å². The maximum Gasteiger partial charge on any atom is 0.435 e. The Hall–Kier alpha value is -2.06. The summed E-state index contributed by atoms with van der Waals surface area (Å²) in [7, 11) is 0. The van der Waals surface area contributed by atoms with Crippen LogP contribution in [-0.4, -0.2) is 34.2 Å².